The van der Waals surface area contributed by atoms with Crippen molar-refractivity contribution in [3.8, 4) is 5.75 Å². The van der Waals surface area contributed by atoms with E-state index in [0.29, 0.717) is 0 Å². The van der Waals surface area contributed by atoms with Crippen LogP contribution in [0, 0.1) is 0 Å². The van der Waals surface area contributed by atoms with Gasteiger partial charge in [-0.05, 0) is 25.9 Å². The molecule has 2 aliphatic rings. The van der Waals surface area contributed by atoms with E-state index in [9.17, 15) is 9.90 Å². The van der Waals surface area contributed by atoms with E-state index in [2.05, 4.69) is 9.80 Å². The van der Waals surface area contributed by atoms with Crippen LogP contribution in [-0.4, -0.2) is 65.4 Å². The number of pyridine rings is 1. The molecule has 0 saturated carbocycles. The van der Waals surface area contributed by atoms with Crippen LogP contribution in [-0.2, 0) is 17.8 Å². The Morgan fingerprint density at radius 2 is 1.77 bits per heavy atom. The van der Waals surface area contributed by atoms with Gasteiger partial charge in [0.1, 0.15) is 0 Å². The number of likely N-dealkylation sites (tertiary alicyclic amines) is 1. The molecule has 0 aromatic carbocycles. The summed E-state index contributed by atoms with van der Waals surface area (Å²) in [5, 5.41) is 9.74. The SMILES string of the molecule is O=c1cc(CN2CCCC2)n(CCN2CCOCC2)cc1O. The van der Waals surface area contributed by atoms with Gasteiger partial charge in [-0.3, -0.25) is 14.6 Å². The van der Waals surface area contributed by atoms with E-state index in [4.69, 9.17) is 4.74 Å². The van der Waals surface area contributed by atoms with Gasteiger partial charge in [-0.15, -0.1) is 0 Å². The van der Waals surface area contributed by atoms with E-state index in [1.165, 1.54) is 12.8 Å². The van der Waals surface area contributed by atoms with Gasteiger partial charge in [0, 0.05) is 44.5 Å². The summed E-state index contributed by atoms with van der Waals surface area (Å²) in [5.74, 6) is -0.160. The number of aromatic hydroxyl groups is 1. The zero-order valence-corrected chi connectivity index (χ0v) is 13.0. The van der Waals surface area contributed by atoms with Crippen molar-refractivity contribution >= 4 is 0 Å². The number of hydrogen-bond acceptors (Lipinski definition) is 5. The summed E-state index contributed by atoms with van der Waals surface area (Å²) >= 11 is 0. The zero-order chi connectivity index (χ0) is 15.4. The van der Waals surface area contributed by atoms with Gasteiger partial charge in [-0.25, -0.2) is 0 Å². The topological polar surface area (TPSA) is 57.9 Å². The Morgan fingerprint density at radius 1 is 1.05 bits per heavy atom. The van der Waals surface area contributed by atoms with Crippen LogP contribution in [0.25, 0.3) is 0 Å². The lowest BCUT2D eigenvalue weighted by Gasteiger charge is -2.27. The van der Waals surface area contributed by atoms with Crippen LogP contribution in [0.5, 0.6) is 5.75 Å². The molecule has 0 radical (unpaired) electrons. The average Bonchev–Trinajstić information content (AvgIpc) is 3.03. The normalized spacial score (nSPS) is 20.5. The fourth-order valence-corrected chi connectivity index (χ4v) is 3.19. The highest BCUT2D eigenvalue weighted by Gasteiger charge is 2.16. The Balaban J connectivity index is 1.69. The largest absolute Gasteiger partial charge is 0.503 e. The molecular formula is C16H25N3O3. The molecule has 3 rings (SSSR count). The summed E-state index contributed by atoms with van der Waals surface area (Å²) in [5.41, 5.74) is 0.717. The van der Waals surface area contributed by atoms with Crippen LogP contribution < -0.4 is 5.43 Å². The molecule has 6 nitrogen and oxygen atoms in total. The maximum atomic E-state index is 11.8. The van der Waals surface area contributed by atoms with Gasteiger partial charge in [-0.1, -0.05) is 0 Å². The molecule has 22 heavy (non-hydrogen) atoms. The minimum absolute atomic E-state index is 0.160. The first-order valence-electron chi connectivity index (χ1n) is 8.17. The number of nitrogens with zero attached hydrogens (tertiary/aromatic N) is 3. The minimum atomic E-state index is -0.281. The Labute approximate surface area is 130 Å². The molecule has 0 atom stereocenters. The van der Waals surface area contributed by atoms with E-state index in [-0.39, 0.29) is 11.2 Å². The number of hydrogen-bond donors (Lipinski definition) is 1. The highest BCUT2D eigenvalue weighted by atomic mass is 16.5. The third-order valence-corrected chi connectivity index (χ3v) is 4.54. The molecule has 3 heterocycles. The molecule has 1 aromatic rings. The lowest BCUT2D eigenvalue weighted by atomic mass is 10.3. The molecule has 0 unspecified atom stereocenters. The lowest BCUT2D eigenvalue weighted by Crippen LogP contribution is -2.38. The second-order valence-corrected chi connectivity index (χ2v) is 6.14. The van der Waals surface area contributed by atoms with Crippen molar-refractivity contribution in [3.63, 3.8) is 0 Å². The van der Waals surface area contributed by atoms with Gasteiger partial charge >= 0.3 is 0 Å². The first-order valence-corrected chi connectivity index (χ1v) is 8.17. The summed E-state index contributed by atoms with van der Waals surface area (Å²) in [6.07, 6.45) is 4.06. The van der Waals surface area contributed by atoms with Gasteiger partial charge in [0.15, 0.2) is 5.75 Å². The Hall–Kier alpha value is -1.37. The van der Waals surface area contributed by atoms with Crippen molar-refractivity contribution in [2.75, 3.05) is 45.9 Å². The van der Waals surface area contributed by atoms with Gasteiger partial charge in [0.25, 0.3) is 0 Å². The van der Waals surface area contributed by atoms with Gasteiger partial charge < -0.3 is 14.4 Å². The van der Waals surface area contributed by atoms with Crippen molar-refractivity contribution in [1.82, 2.24) is 14.4 Å². The second-order valence-electron chi connectivity index (χ2n) is 6.14. The molecule has 0 bridgehead atoms. The Bertz CT molecular complexity index is 546. The molecule has 2 saturated heterocycles. The van der Waals surface area contributed by atoms with E-state index in [0.717, 1.165) is 64.7 Å². The lowest BCUT2D eigenvalue weighted by molar-refractivity contribution is 0.0362. The van der Waals surface area contributed by atoms with Crippen molar-refractivity contribution < 1.29 is 9.84 Å². The highest BCUT2D eigenvalue weighted by molar-refractivity contribution is 5.20. The summed E-state index contributed by atoms with van der Waals surface area (Å²) < 4.78 is 7.39. The summed E-state index contributed by atoms with van der Waals surface area (Å²) in [6, 6.07) is 1.59. The molecule has 122 valence electrons. The number of morpholine rings is 1. The highest BCUT2D eigenvalue weighted by Crippen LogP contribution is 2.14. The summed E-state index contributed by atoms with van der Waals surface area (Å²) in [7, 11) is 0. The fourth-order valence-electron chi connectivity index (χ4n) is 3.19. The quantitative estimate of drug-likeness (QED) is 0.857. The van der Waals surface area contributed by atoms with Crippen LogP contribution in [0.4, 0.5) is 0 Å². The zero-order valence-electron chi connectivity index (χ0n) is 13.0. The standard InChI is InChI=1S/C16H25N3O3/c20-15-11-14(12-18-3-1-2-4-18)19(13-16(15)21)6-5-17-7-9-22-10-8-17/h11,13,21H,1-10,12H2. The van der Waals surface area contributed by atoms with E-state index < -0.39 is 0 Å². The van der Waals surface area contributed by atoms with Crippen LogP contribution in [0.3, 0.4) is 0 Å². The minimum Gasteiger partial charge on any atom is -0.503 e. The predicted octanol–water partition coefficient (Wildman–Crippen LogP) is 0.482. The summed E-state index contributed by atoms with van der Waals surface area (Å²) in [6.45, 7) is 8.17. The third-order valence-electron chi connectivity index (χ3n) is 4.54. The van der Waals surface area contributed by atoms with Crippen LogP contribution in [0.1, 0.15) is 18.5 Å². The number of rotatable bonds is 5. The molecular weight excluding hydrogens is 282 g/mol. The molecule has 1 aromatic heterocycles. The smallest absolute Gasteiger partial charge is 0.223 e. The molecule has 0 spiro atoms. The maximum absolute atomic E-state index is 11.8. The maximum Gasteiger partial charge on any atom is 0.223 e. The van der Waals surface area contributed by atoms with Gasteiger partial charge in [-0.2, -0.15) is 0 Å². The van der Waals surface area contributed by atoms with E-state index in [1.807, 2.05) is 4.57 Å². The van der Waals surface area contributed by atoms with Gasteiger partial charge in [0.05, 0.1) is 19.4 Å². The van der Waals surface area contributed by atoms with E-state index in [1.54, 1.807) is 12.3 Å². The Kier molecular flexibility index (Phi) is 5.12. The van der Waals surface area contributed by atoms with E-state index >= 15 is 0 Å². The average molecular weight is 307 g/mol. The van der Waals surface area contributed by atoms with Crippen LogP contribution in [0.15, 0.2) is 17.1 Å². The number of ether oxygens (including phenoxy) is 1. The van der Waals surface area contributed by atoms with Crippen molar-refractivity contribution in [2.45, 2.75) is 25.9 Å². The third kappa shape index (κ3) is 3.88. The molecule has 6 heteroatoms. The van der Waals surface area contributed by atoms with Crippen LogP contribution >= 0.6 is 0 Å². The van der Waals surface area contributed by atoms with Crippen molar-refractivity contribution in [2.24, 2.45) is 0 Å². The first-order chi connectivity index (χ1) is 10.7. The summed E-state index contributed by atoms with van der Waals surface area (Å²) in [4.78, 5) is 16.5. The van der Waals surface area contributed by atoms with Crippen molar-refractivity contribution in [3.05, 3.63) is 28.2 Å². The monoisotopic (exact) mass is 307 g/mol. The molecule has 2 aliphatic heterocycles. The predicted molar refractivity (Wildman–Crippen MR) is 84.1 cm³/mol. The number of aromatic nitrogens is 1. The first kappa shape index (κ1) is 15.5. The molecule has 0 amide bonds. The molecule has 2 fully saturated rings. The van der Waals surface area contributed by atoms with Gasteiger partial charge in [0.2, 0.25) is 5.43 Å². The fraction of sp³-hybridized carbons (Fsp3) is 0.688. The Morgan fingerprint density at radius 3 is 2.50 bits per heavy atom. The molecule has 1 N–H and O–H groups in total. The van der Waals surface area contributed by atoms with Crippen molar-refractivity contribution in [1.29, 1.82) is 0 Å². The second kappa shape index (κ2) is 7.26. The van der Waals surface area contributed by atoms with Crippen LogP contribution in [0.2, 0.25) is 0 Å². The molecule has 0 aliphatic carbocycles.